The molecule has 31 heavy (non-hydrogen) atoms. The van der Waals surface area contributed by atoms with Crippen molar-refractivity contribution in [1.82, 2.24) is 4.57 Å². The lowest BCUT2D eigenvalue weighted by molar-refractivity contribution is -0.168. The van der Waals surface area contributed by atoms with Gasteiger partial charge >= 0.3 is 12.1 Å². The number of carbonyl (C=O) groups is 2. The molecule has 1 aromatic carbocycles. The summed E-state index contributed by atoms with van der Waals surface area (Å²) < 4.78 is 19.2. The van der Waals surface area contributed by atoms with E-state index in [0.29, 0.717) is 38.8 Å². The average molecular weight is 559 g/mol. The van der Waals surface area contributed by atoms with Gasteiger partial charge in [-0.3, -0.25) is 0 Å². The molecule has 1 heterocycles. The molecular formula is C23H29Br2NO5. The van der Waals surface area contributed by atoms with Crippen molar-refractivity contribution in [1.29, 1.82) is 0 Å². The zero-order valence-electron chi connectivity index (χ0n) is 18.5. The molecule has 6 nitrogen and oxygen atoms in total. The zero-order chi connectivity index (χ0) is 22.9. The molecule has 1 aliphatic carbocycles. The molecule has 3 rings (SSSR count). The number of nitrogens with zero attached hydrogens (tertiary/aromatic N) is 1. The van der Waals surface area contributed by atoms with E-state index in [2.05, 4.69) is 52.6 Å². The van der Waals surface area contributed by atoms with Crippen LogP contribution in [0.4, 0.5) is 4.79 Å². The van der Waals surface area contributed by atoms with Crippen LogP contribution >= 0.6 is 31.9 Å². The van der Waals surface area contributed by atoms with E-state index >= 15 is 0 Å². The lowest BCUT2D eigenvalue weighted by Crippen LogP contribution is -2.37. The smallest absolute Gasteiger partial charge is 0.419 e. The van der Waals surface area contributed by atoms with Gasteiger partial charge in [-0.25, -0.2) is 14.2 Å². The van der Waals surface area contributed by atoms with E-state index in [0.717, 1.165) is 23.7 Å². The van der Waals surface area contributed by atoms with E-state index in [4.69, 9.17) is 14.2 Å². The highest BCUT2D eigenvalue weighted by Gasteiger charge is 2.37. The number of rotatable bonds is 5. The summed E-state index contributed by atoms with van der Waals surface area (Å²) in [4.78, 5) is 25.8. The summed E-state index contributed by atoms with van der Waals surface area (Å²) in [6.07, 6.45) is 1.37. The van der Waals surface area contributed by atoms with Crippen molar-refractivity contribution in [3.63, 3.8) is 0 Å². The topological polar surface area (TPSA) is 66.8 Å². The second-order valence-corrected chi connectivity index (χ2v) is 10.3. The Hall–Kier alpha value is -1.38. The molecule has 0 spiro atoms. The van der Waals surface area contributed by atoms with Crippen LogP contribution in [0.5, 0.6) is 0 Å². The Bertz CT molecular complexity index is 971. The van der Waals surface area contributed by atoms with Gasteiger partial charge < -0.3 is 14.2 Å². The molecule has 0 bridgehead atoms. The summed E-state index contributed by atoms with van der Waals surface area (Å²) >= 11 is 6.94. The van der Waals surface area contributed by atoms with Crippen LogP contribution in [0.1, 0.15) is 51.7 Å². The van der Waals surface area contributed by atoms with Crippen LogP contribution in [-0.2, 0) is 19.0 Å². The predicted octanol–water partition coefficient (Wildman–Crippen LogP) is 6.47. The Morgan fingerprint density at radius 1 is 1.16 bits per heavy atom. The fourth-order valence-electron chi connectivity index (χ4n) is 4.57. The Morgan fingerprint density at radius 3 is 2.48 bits per heavy atom. The fourth-order valence-corrected chi connectivity index (χ4v) is 5.67. The molecule has 1 aliphatic rings. The number of ether oxygens (including phenoxy) is 3. The highest BCUT2D eigenvalue weighted by Crippen LogP contribution is 2.40. The summed E-state index contributed by atoms with van der Waals surface area (Å²) in [6.45, 7) is 6.55. The maximum atomic E-state index is 13.3. The molecule has 1 saturated carbocycles. The standard InChI is InChI=1S/C23H29Br2NO5/c1-12(2)15-8-6-13(3)10-18(15)31-22(27)20(29-4)19-16-9-7-14(24)11-17(16)26(21(19)25)23(28)30-5/h7,9,11-13,15,18,20H,6,8,10H2,1-5H3/t13-,15+,18-,20-/m1/s1. The van der Waals surface area contributed by atoms with Gasteiger partial charge in [-0.1, -0.05) is 49.2 Å². The molecule has 0 amide bonds. The summed E-state index contributed by atoms with van der Waals surface area (Å²) in [5, 5.41) is 0.710. The molecule has 0 radical (unpaired) electrons. The first-order valence-electron chi connectivity index (χ1n) is 10.5. The Balaban J connectivity index is 2.01. The molecule has 1 fully saturated rings. The van der Waals surface area contributed by atoms with Crippen LogP contribution < -0.4 is 0 Å². The SMILES string of the molecule is COC(=O)n1c(Br)c([C@@H](OC)C(=O)O[C@@H]2C[C@H](C)CC[C@H]2C(C)C)c2ccc(Br)cc21. The third kappa shape index (κ3) is 4.86. The summed E-state index contributed by atoms with van der Waals surface area (Å²) in [5.41, 5.74) is 1.15. The molecule has 0 unspecified atom stereocenters. The number of fused-ring (bicyclic) bond motifs is 1. The van der Waals surface area contributed by atoms with Crippen molar-refractivity contribution in [2.75, 3.05) is 14.2 Å². The summed E-state index contributed by atoms with van der Waals surface area (Å²) in [6, 6.07) is 5.50. The second kappa shape index (κ2) is 10.0. The molecule has 8 heteroatoms. The number of hydrogen-bond acceptors (Lipinski definition) is 5. The van der Waals surface area contributed by atoms with Crippen molar-refractivity contribution >= 4 is 54.8 Å². The van der Waals surface area contributed by atoms with Gasteiger partial charge in [-0.2, -0.15) is 0 Å². The molecular weight excluding hydrogens is 530 g/mol. The van der Waals surface area contributed by atoms with Crippen LogP contribution in [0.2, 0.25) is 0 Å². The van der Waals surface area contributed by atoms with Crippen LogP contribution in [0.15, 0.2) is 27.3 Å². The summed E-state index contributed by atoms with van der Waals surface area (Å²) in [7, 11) is 2.79. The van der Waals surface area contributed by atoms with Gasteiger partial charge in [0.05, 0.1) is 12.6 Å². The fraction of sp³-hybridized carbons (Fsp3) is 0.565. The van der Waals surface area contributed by atoms with E-state index in [9.17, 15) is 9.59 Å². The maximum absolute atomic E-state index is 13.3. The third-order valence-corrected chi connectivity index (χ3v) is 7.48. The van der Waals surface area contributed by atoms with Gasteiger partial charge in [-0.15, -0.1) is 0 Å². The molecule has 0 N–H and O–H groups in total. The quantitative estimate of drug-likeness (QED) is 0.393. The normalized spacial score (nSPS) is 22.5. The van der Waals surface area contributed by atoms with Crippen molar-refractivity contribution in [3.05, 3.63) is 32.8 Å². The van der Waals surface area contributed by atoms with Gasteiger partial charge in [0, 0.05) is 22.5 Å². The third-order valence-electron chi connectivity index (χ3n) is 6.21. The van der Waals surface area contributed by atoms with Gasteiger partial charge in [0.2, 0.25) is 0 Å². The van der Waals surface area contributed by atoms with Gasteiger partial charge in [0.1, 0.15) is 10.7 Å². The largest absolute Gasteiger partial charge is 0.460 e. The van der Waals surface area contributed by atoms with Gasteiger partial charge in [0.25, 0.3) is 0 Å². The molecule has 2 aromatic rings. The number of methoxy groups -OCH3 is 2. The Morgan fingerprint density at radius 2 is 1.87 bits per heavy atom. The number of esters is 1. The van der Waals surface area contributed by atoms with Crippen LogP contribution in [-0.4, -0.2) is 37.0 Å². The van der Waals surface area contributed by atoms with E-state index in [-0.39, 0.29) is 6.10 Å². The molecule has 1 aromatic heterocycles. The maximum Gasteiger partial charge on any atom is 0.419 e. The average Bonchev–Trinajstić information content (AvgIpc) is 2.99. The minimum Gasteiger partial charge on any atom is -0.460 e. The summed E-state index contributed by atoms with van der Waals surface area (Å²) in [5.74, 6) is 0.823. The second-order valence-electron chi connectivity index (χ2n) is 8.59. The molecule has 170 valence electrons. The number of benzene rings is 1. The highest BCUT2D eigenvalue weighted by molar-refractivity contribution is 9.10. The van der Waals surface area contributed by atoms with Gasteiger partial charge in [-0.05, 0) is 58.7 Å². The van der Waals surface area contributed by atoms with Crippen molar-refractivity contribution in [2.24, 2.45) is 17.8 Å². The van der Waals surface area contributed by atoms with Gasteiger partial charge in [0.15, 0.2) is 6.10 Å². The Labute approximate surface area is 199 Å². The number of carbonyl (C=O) groups excluding carboxylic acids is 2. The predicted molar refractivity (Wildman–Crippen MR) is 126 cm³/mol. The van der Waals surface area contributed by atoms with Crippen molar-refractivity contribution < 1.29 is 23.8 Å². The van der Waals surface area contributed by atoms with E-state index < -0.39 is 18.2 Å². The van der Waals surface area contributed by atoms with Crippen LogP contribution in [0.25, 0.3) is 10.9 Å². The molecule has 0 aliphatic heterocycles. The number of aromatic nitrogens is 1. The first-order valence-corrected chi connectivity index (χ1v) is 12.1. The van der Waals surface area contributed by atoms with Crippen LogP contribution in [0.3, 0.4) is 0 Å². The van der Waals surface area contributed by atoms with Crippen molar-refractivity contribution in [3.8, 4) is 0 Å². The van der Waals surface area contributed by atoms with E-state index in [1.54, 1.807) is 6.07 Å². The monoisotopic (exact) mass is 557 g/mol. The Kier molecular flexibility index (Phi) is 7.86. The van der Waals surface area contributed by atoms with E-state index in [1.165, 1.54) is 18.8 Å². The highest BCUT2D eigenvalue weighted by atomic mass is 79.9. The number of halogens is 2. The number of hydrogen-bond donors (Lipinski definition) is 0. The van der Waals surface area contributed by atoms with E-state index in [1.807, 2.05) is 12.1 Å². The zero-order valence-corrected chi connectivity index (χ0v) is 21.7. The molecule has 0 saturated heterocycles. The molecule has 4 atom stereocenters. The lowest BCUT2D eigenvalue weighted by atomic mass is 9.75. The first kappa shape index (κ1) is 24.3. The first-order chi connectivity index (χ1) is 14.7. The minimum absolute atomic E-state index is 0.143. The lowest BCUT2D eigenvalue weighted by Gasteiger charge is -2.37. The van der Waals surface area contributed by atoms with Crippen molar-refractivity contribution in [2.45, 2.75) is 52.2 Å². The minimum atomic E-state index is -0.978. The van der Waals surface area contributed by atoms with Crippen LogP contribution in [0, 0.1) is 17.8 Å².